The van der Waals surface area contributed by atoms with Crippen LogP contribution in [0.4, 0.5) is 10.1 Å². The van der Waals surface area contributed by atoms with E-state index < -0.39 is 0 Å². The number of anilines is 1. The third-order valence-corrected chi connectivity index (χ3v) is 3.46. The van der Waals surface area contributed by atoms with Crippen molar-refractivity contribution in [2.24, 2.45) is 5.84 Å². The Labute approximate surface area is 107 Å². The number of nitrogens with one attached hydrogen (secondary N) is 1. The fourth-order valence-electron chi connectivity index (χ4n) is 1.93. The van der Waals surface area contributed by atoms with E-state index in [1.54, 1.807) is 6.07 Å². The second kappa shape index (κ2) is 4.58. The first-order chi connectivity index (χ1) is 8.08. The van der Waals surface area contributed by atoms with Crippen LogP contribution in [-0.2, 0) is 6.42 Å². The SMILES string of the molecule is CCc1nc2cc(F)c(Br)cc2c(NN)c1C. The zero-order valence-electron chi connectivity index (χ0n) is 9.64. The molecule has 0 aliphatic carbocycles. The molecule has 3 nitrogen and oxygen atoms in total. The predicted octanol–water partition coefficient (Wildman–Crippen LogP) is 3.29. The zero-order valence-corrected chi connectivity index (χ0v) is 11.2. The largest absolute Gasteiger partial charge is 0.323 e. The van der Waals surface area contributed by atoms with Gasteiger partial charge in [-0.1, -0.05) is 6.92 Å². The molecular formula is C12H13BrFN3. The van der Waals surface area contributed by atoms with Crippen molar-refractivity contribution < 1.29 is 4.39 Å². The molecule has 1 aromatic heterocycles. The molecule has 0 amide bonds. The quantitative estimate of drug-likeness (QED) is 0.660. The Morgan fingerprint density at radius 2 is 2.18 bits per heavy atom. The molecule has 0 unspecified atom stereocenters. The lowest BCUT2D eigenvalue weighted by Gasteiger charge is -2.13. The minimum Gasteiger partial charge on any atom is -0.323 e. The lowest BCUT2D eigenvalue weighted by molar-refractivity contribution is 0.622. The number of hydrogen-bond donors (Lipinski definition) is 2. The van der Waals surface area contributed by atoms with Gasteiger partial charge in [-0.25, -0.2) is 4.39 Å². The standard InChI is InChI=1S/C12H13BrFN3/c1-3-10-6(2)12(17-15)7-4-8(13)9(14)5-11(7)16-10/h4-5H,3,15H2,1-2H3,(H,16,17). The first kappa shape index (κ1) is 12.3. The molecule has 17 heavy (non-hydrogen) atoms. The Morgan fingerprint density at radius 1 is 1.47 bits per heavy atom. The van der Waals surface area contributed by atoms with Crippen molar-refractivity contribution in [1.82, 2.24) is 4.98 Å². The Kier molecular flexibility index (Phi) is 3.31. The van der Waals surface area contributed by atoms with Crippen molar-refractivity contribution >= 4 is 32.5 Å². The molecule has 0 radical (unpaired) electrons. The van der Waals surface area contributed by atoms with Gasteiger partial charge < -0.3 is 5.43 Å². The van der Waals surface area contributed by atoms with Gasteiger partial charge in [0, 0.05) is 17.1 Å². The van der Waals surface area contributed by atoms with E-state index >= 15 is 0 Å². The van der Waals surface area contributed by atoms with Gasteiger partial charge in [0.2, 0.25) is 0 Å². The average molecular weight is 298 g/mol. The summed E-state index contributed by atoms with van der Waals surface area (Å²) in [6, 6.07) is 3.11. The second-order valence-corrected chi connectivity index (χ2v) is 4.69. The van der Waals surface area contributed by atoms with E-state index in [4.69, 9.17) is 5.84 Å². The van der Waals surface area contributed by atoms with E-state index in [-0.39, 0.29) is 5.82 Å². The third-order valence-electron chi connectivity index (χ3n) is 2.85. The zero-order chi connectivity index (χ0) is 12.6. The van der Waals surface area contributed by atoms with Crippen LogP contribution in [-0.4, -0.2) is 4.98 Å². The highest BCUT2D eigenvalue weighted by Crippen LogP contribution is 2.31. The summed E-state index contributed by atoms with van der Waals surface area (Å²) in [7, 11) is 0. The molecular weight excluding hydrogens is 285 g/mol. The minimum atomic E-state index is -0.320. The molecule has 0 fully saturated rings. The summed E-state index contributed by atoms with van der Waals surface area (Å²) in [6.45, 7) is 3.97. The van der Waals surface area contributed by atoms with Crippen LogP contribution in [0.25, 0.3) is 10.9 Å². The third kappa shape index (κ3) is 2.00. The van der Waals surface area contributed by atoms with Gasteiger partial charge in [0.15, 0.2) is 0 Å². The number of nitrogens with zero attached hydrogens (tertiary/aromatic N) is 1. The molecule has 5 heteroatoms. The van der Waals surface area contributed by atoms with Gasteiger partial charge in [0.25, 0.3) is 0 Å². The Bertz CT molecular complexity index is 584. The average Bonchev–Trinajstić information content (AvgIpc) is 2.31. The van der Waals surface area contributed by atoms with Gasteiger partial charge in [0.1, 0.15) is 5.82 Å². The maximum Gasteiger partial charge on any atom is 0.139 e. The molecule has 0 spiro atoms. The number of aryl methyl sites for hydroxylation is 1. The van der Waals surface area contributed by atoms with Gasteiger partial charge in [0.05, 0.1) is 15.7 Å². The Morgan fingerprint density at radius 3 is 2.76 bits per heavy atom. The first-order valence-electron chi connectivity index (χ1n) is 5.33. The van der Waals surface area contributed by atoms with E-state index in [0.29, 0.717) is 9.99 Å². The number of hydrazine groups is 1. The molecule has 0 saturated heterocycles. The summed E-state index contributed by atoms with van der Waals surface area (Å²) < 4.78 is 13.9. The molecule has 90 valence electrons. The van der Waals surface area contributed by atoms with E-state index in [2.05, 4.69) is 26.3 Å². The van der Waals surface area contributed by atoms with Gasteiger partial charge in [-0.05, 0) is 40.9 Å². The van der Waals surface area contributed by atoms with Gasteiger partial charge in [-0.2, -0.15) is 0 Å². The fourth-order valence-corrected chi connectivity index (χ4v) is 2.28. The molecule has 3 N–H and O–H groups in total. The monoisotopic (exact) mass is 297 g/mol. The molecule has 0 saturated carbocycles. The highest BCUT2D eigenvalue weighted by molar-refractivity contribution is 9.10. The van der Waals surface area contributed by atoms with E-state index in [9.17, 15) is 4.39 Å². The Hall–Kier alpha value is -1.20. The van der Waals surface area contributed by atoms with E-state index in [1.165, 1.54) is 6.07 Å². The number of pyridine rings is 1. The number of halogens is 2. The van der Waals surface area contributed by atoms with Crippen molar-refractivity contribution in [3.8, 4) is 0 Å². The summed E-state index contributed by atoms with van der Waals surface area (Å²) in [4.78, 5) is 4.45. The van der Waals surface area contributed by atoms with Gasteiger partial charge in [-0.3, -0.25) is 10.8 Å². The fraction of sp³-hybridized carbons (Fsp3) is 0.250. The number of hydrogen-bond acceptors (Lipinski definition) is 3. The summed E-state index contributed by atoms with van der Waals surface area (Å²) in [6.07, 6.45) is 0.786. The van der Waals surface area contributed by atoms with Crippen LogP contribution in [0, 0.1) is 12.7 Å². The normalized spacial score (nSPS) is 10.9. The van der Waals surface area contributed by atoms with Gasteiger partial charge in [-0.15, -0.1) is 0 Å². The van der Waals surface area contributed by atoms with Crippen LogP contribution < -0.4 is 11.3 Å². The molecule has 0 aliphatic rings. The highest BCUT2D eigenvalue weighted by atomic mass is 79.9. The van der Waals surface area contributed by atoms with E-state index in [0.717, 1.165) is 28.8 Å². The van der Waals surface area contributed by atoms with Crippen molar-refractivity contribution in [3.63, 3.8) is 0 Å². The van der Waals surface area contributed by atoms with E-state index in [1.807, 2.05) is 13.8 Å². The van der Waals surface area contributed by atoms with Crippen molar-refractivity contribution in [1.29, 1.82) is 0 Å². The number of nitrogens with two attached hydrogens (primary N) is 1. The number of fused-ring (bicyclic) bond motifs is 1. The van der Waals surface area contributed by atoms with Crippen LogP contribution in [0.15, 0.2) is 16.6 Å². The molecule has 1 heterocycles. The van der Waals surface area contributed by atoms with Crippen molar-refractivity contribution in [2.45, 2.75) is 20.3 Å². The number of benzene rings is 1. The topological polar surface area (TPSA) is 50.9 Å². The molecule has 2 aromatic rings. The number of rotatable bonds is 2. The van der Waals surface area contributed by atoms with Crippen LogP contribution in [0.2, 0.25) is 0 Å². The van der Waals surface area contributed by atoms with Crippen LogP contribution in [0.3, 0.4) is 0 Å². The summed E-state index contributed by atoms with van der Waals surface area (Å²) in [5.41, 5.74) is 6.01. The van der Waals surface area contributed by atoms with Crippen LogP contribution in [0.1, 0.15) is 18.2 Å². The van der Waals surface area contributed by atoms with Crippen molar-refractivity contribution in [3.05, 3.63) is 33.7 Å². The number of nitrogen functional groups attached to an aromatic ring is 1. The maximum absolute atomic E-state index is 13.5. The lowest BCUT2D eigenvalue weighted by Crippen LogP contribution is -2.11. The minimum absolute atomic E-state index is 0.320. The smallest absolute Gasteiger partial charge is 0.139 e. The van der Waals surface area contributed by atoms with Crippen LogP contribution in [0.5, 0.6) is 0 Å². The van der Waals surface area contributed by atoms with Crippen LogP contribution >= 0.6 is 15.9 Å². The second-order valence-electron chi connectivity index (χ2n) is 3.84. The highest BCUT2D eigenvalue weighted by Gasteiger charge is 2.12. The Balaban J connectivity index is 2.88. The molecule has 0 aliphatic heterocycles. The molecule has 2 rings (SSSR count). The maximum atomic E-state index is 13.5. The molecule has 1 aromatic carbocycles. The van der Waals surface area contributed by atoms with Gasteiger partial charge >= 0.3 is 0 Å². The summed E-state index contributed by atoms with van der Waals surface area (Å²) in [5, 5.41) is 0.815. The summed E-state index contributed by atoms with van der Waals surface area (Å²) >= 11 is 3.17. The summed E-state index contributed by atoms with van der Waals surface area (Å²) in [5.74, 6) is 5.22. The first-order valence-corrected chi connectivity index (χ1v) is 6.12. The molecule has 0 bridgehead atoms. The predicted molar refractivity (Wildman–Crippen MR) is 71.3 cm³/mol. The van der Waals surface area contributed by atoms with Crippen molar-refractivity contribution in [2.75, 3.05) is 5.43 Å². The lowest BCUT2D eigenvalue weighted by atomic mass is 10.1. The number of aromatic nitrogens is 1. The molecule has 0 atom stereocenters.